The monoisotopic (exact) mass is 241 g/mol. The summed E-state index contributed by atoms with van der Waals surface area (Å²) in [5.41, 5.74) is 8.31. The van der Waals surface area contributed by atoms with Crippen LogP contribution in [0.1, 0.15) is 30.5 Å². The summed E-state index contributed by atoms with van der Waals surface area (Å²) in [5.74, 6) is 0.458. The van der Waals surface area contributed by atoms with Crippen LogP contribution in [0.15, 0.2) is 18.2 Å². The van der Waals surface area contributed by atoms with E-state index >= 15 is 0 Å². The summed E-state index contributed by atoms with van der Waals surface area (Å²) >= 11 is 6.08. The van der Waals surface area contributed by atoms with Gasteiger partial charge in [-0.15, -0.1) is 0 Å². The molecule has 3 heteroatoms. The van der Waals surface area contributed by atoms with Gasteiger partial charge in [-0.3, -0.25) is 0 Å². The topological polar surface area (TPSA) is 35.2 Å². The second-order valence-electron chi connectivity index (χ2n) is 4.41. The second-order valence-corrected chi connectivity index (χ2v) is 4.82. The molecule has 0 heterocycles. The number of hydrogen-bond donors (Lipinski definition) is 1. The van der Waals surface area contributed by atoms with Crippen LogP contribution in [-0.2, 0) is 4.74 Å². The lowest BCUT2D eigenvalue weighted by Crippen LogP contribution is -2.16. The summed E-state index contributed by atoms with van der Waals surface area (Å²) in [4.78, 5) is 0. The van der Waals surface area contributed by atoms with Crippen LogP contribution in [0.25, 0.3) is 0 Å². The molecule has 2 unspecified atom stereocenters. The molecule has 2 nitrogen and oxygen atoms in total. The van der Waals surface area contributed by atoms with Crippen LogP contribution < -0.4 is 5.73 Å². The van der Waals surface area contributed by atoms with Gasteiger partial charge in [0.05, 0.1) is 0 Å². The van der Waals surface area contributed by atoms with Crippen molar-refractivity contribution in [2.45, 2.75) is 26.3 Å². The zero-order valence-corrected chi connectivity index (χ0v) is 10.9. The molecule has 0 amide bonds. The van der Waals surface area contributed by atoms with Crippen molar-refractivity contribution in [3.05, 3.63) is 34.3 Å². The van der Waals surface area contributed by atoms with E-state index in [1.165, 1.54) is 0 Å². The first-order valence-corrected chi connectivity index (χ1v) is 5.93. The molecule has 0 bridgehead atoms. The summed E-state index contributed by atoms with van der Waals surface area (Å²) < 4.78 is 5.10. The number of hydrogen-bond acceptors (Lipinski definition) is 2. The van der Waals surface area contributed by atoms with Gasteiger partial charge in [0, 0.05) is 24.8 Å². The standard InChI is InChI=1S/C13H20ClNO/c1-9(8-16-3)6-13(15)11-5-4-10(2)12(14)7-11/h4-5,7,9,13H,6,8,15H2,1-3H3. The number of methoxy groups -OCH3 is 1. The van der Waals surface area contributed by atoms with Crippen LogP contribution in [0.4, 0.5) is 0 Å². The lowest BCUT2D eigenvalue weighted by atomic mass is 9.96. The molecule has 1 aromatic rings. The van der Waals surface area contributed by atoms with Gasteiger partial charge < -0.3 is 10.5 Å². The fourth-order valence-corrected chi connectivity index (χ4v) is 1.95. The Morgan fingerprint density at radius 3 is 2.69 bits per heavy atom. The number of nitrogens with two attached hydrogens (primary N) is 1. The van der Waals surface area contributed by atoms with Crippen LogP contribution >= 0.6 is 11.6 Å². The second kappa shape index (κ2) is 6.24. The van der Waals surface area contributed by atoms with E-state index in [0.29, 0.717) is 5.92 Å². The fourth-order valence-electron chi connectivity index (χ4n) is 1.76. The van der Waals surface area contributed by atoms with E-state index in [1.54, 1.807) is 7.11 Å². The zero-order chi connectivity index (χ0) is 12.1. The predicted octanol–water partition coefficient (Wildman–Crippen LogP) is 3.32. The van der Waals surface area contributed by atoms with Crippen LogP contribution in [0.2, 0.25) is 5.02 Å². The number of benzene rings is 1. The molecule has 0 saturated heterocycles. The van der Waals surface area contributed by atoms with Crippen molar-refractivity contribution in [1.29, 1.82) is 0 Å². The van der Waals surface area contributed by atoms with Gasteiger partial charge in [0.15, 0.2) is 0 Å². The summed E-state index contributed by atoms with van der Waals surface area (Å²) in [6.45, 7) is 4.87. The van der Waals surface area contributed by atoms with Gasteiger partial charge in [-0.2, -0.15) is 0 Å². The van der Waals surface area contributed by atoms with E-state index in [9.17, 15) is 0 Å². The highest BCUT2D eigenvalue weighted by molar-refractivity contribution is 6.31. The van der Waals surface area contributed by atoms with Crippen molar-refractivity contribution in [3.63, 3.8) is 0 Å². The molecule has 0 aliphatic heterocycles. The molecule has 0 spiro atoms. The molecule has 1 aromatic carbocycles. The summed E-state index contributed by atoms with van der Waals surface area (Å²) in [6.07, 6.45) is 0.910. The van der Waals surface area contributed by atoms with E-state index < -0.39 is 0 Å². The molecule has 90 valence electrons. The number of aryl methyl sites for hydroxylation is 1. The first kappa shape index (κ1) is 13.5. The van der Waals surface area contributed by atoms with Crippen molar-refractivity contribution in [1.82, 2.24) is 0 Å². The number of halogens is 1. The predicted molar refractivity (Wildman–Crippen MR) is 68.8 cm³/mol. The molecule has 2 N–H and O–H groups in total. The SMILES string of the molecule is COCC(C)CC(N)c1ccc(C)c(Cl)c1. The Hall–Kier alpha value is -0.570. The highest BCUT2D eigenvalue weighted by atomic mass is 35.5. The molecule has 16 heavy (non-hydrogen) atoms. The Morgan fingerprint density at radius 1 is 1.44 bits per heavy atom. The van der Waals surface area contributed by atoms with Gasteiger partial charge in [-0.25, -0.2) is 0 Å². The Labute approximate surface area is 103 Å². The lowest BCUT2D eigenvalue weighted by Gasteiger charge is -2.17. The van der Waals surface area contributed by atoms with Gasteiger partial charge in [0.25, 0.3) is 0 Å². The third-order valence-electron chi connectivity index (χ3n) is 2.73. The van der Waals surface area contributed by atoms with Crippen molar-refractivity contribution in [3.8, 4) is 0 Å². The molecule has 0 aromatic heterocycles. The summed E-state index contributed by atoms with van der Waals surface area (Å²) in [7, 11) is 1.71. The Balaban J connectivity index is 2.65. The third kappa shape index (κ3) is 3.78. The first-order chi connectivity index (χ1) is 7.54. The van der Waals surface area contributed by atoms with Crippen LogP contribution in [0, 0.1) is 12.8 Å². The van der Waals surface area contributed by atoms with Crippen molar-refractivity contribution >= 4 is 11.6 Å². The number of ether oxygens (including phenoxy) is 1. The van der Waals surface area contributed by atoms with Crippen LogP contribution in [0.5, 0.6) is 0 Å². The van der Waals surface area contributed by atoms with Gasteiger partial charge in [-0.1, -0.05) is 30.7 Å². The minimum Gasteiger partial charge on any atom is -0.384 e. The van der Waals surface area contributed by atoms with Crippen molar-refractivity contribution in [2.75, 3.05) is 13.7 Å². The van der Waals surface area contributed by atoms with Gasteiger partial charge >= 0.3 is 0 Å². The molecule has 0 fully saturated rings. The molecule has 1 rings (SSSR count). The maximum atomic E-state index is 6.13. The van der Waals surface area contributed by atoms with E-state index in [2.05, 4.69) is 6.92 Å². The van der Waals surface area contributed by atoms with E-state index in [4.69, 9.17) is 22.1 Å². The van der Waals surface area contributed by atoms with Gasteiger partial charge in [0.1, 0.15) is 0 Å². The van der Waals surface area contributed by atoms with Crippen LogP contribution in [-0.4, -0.2) is 13.7 Å². The smallest absolute Gasteiger partial charge is 0.0488 e. The summed E-state index contributed by atoms with van der Waals surface area (Å²) in [5, 5.41) is 0.785. The molecule has 0 aliphatic carbocycles. The summed E-state index contributed by atoms with van der Waals surface area (Å²) in [6, 6.07) is 6.05. The Kier molecular flexibility index (Phi) is 5.26. The van der Waals surface area contributed by atoms with E-state index in [1.807, 2.05) is 25.1 Å². The van der Waals surface area contributed by atoms with Gasteiger partial charge in [-0.05, 0) is 36.5 Å². The third-order valence-corrected chi connectivity index (χ3v) is 3.14. The minimum atomic E-state index is 0.0308. The first-order valence-electron chi connectivity index (χ1n) is 5.55. The van der Waals surface area contributed by atoms with E-state index in [0.717, 1.165) is 29.2 Å². The molecular formula is C13H20ClNO. The Bertz CT molecular complexity index is 341. The highest BCUT2D eigenvalue weighted by Gasteiger charge is 2.11. The number of rotatable bonds is 5. The molecule has 2 atom stereocenters. The minimum absolute atomic E-state index is 0.0308. The quantitative estimate of drug-likeness (QED) is 0.858. The van der Waals surface area contributed by atoms with E-state index in [-0.39, 0.29) is 6.04 Å². The Morgan fingerprint density at radius 2 is 2.12 bits per heavy atom. The lowest BCUT2D eigenvalue weighted by molar-refractivity contribution is 0.152. The molecular weight excluding hydrogens is 222 g/mol. The van der Waals surface area contributed by atoms with Crippen molar-refractivity contribution in [2.24, 2.45) is 11.7 Å². The maximum Gasteiger partial charge on any atom is 0.0488 e. The molecule has 0 saturated carbocycles. The highest BCUT2D eigenvalue weighted by Crippen LogP contribution is 2.24. The average Bonchev–Trinajstić information content (AvgIpc) is 2.22. The molecule has 0 aliphatic rings. The van der Waals surface area contributed by atoms with Crippen molar-refractivity contribution < 1.29 is 4.74 Å². The normalized spacial score (nSPS) is 14.8. The maximum absolute atomic E-state index is 6.13. The largest absolute Gasteiger partial charge is 0.384 e. The van der Waals surface area contributed by atoms with Gasteiger partial charge in [0.2, 0.25) is 0 Å². The average molecular weight is 242 g/mol. The van der Waals surface area contributed by atoms with Crippen LogP contribution in [0.3, 0.4) is 0 Å². The molecule has 0 radical (unpaired) electrons. The fraction of sp³-hybridized carbons (Fsp3) is 0.538. The zero-order valence-electron chi connectivity index (χ0n) is 10.2.